The highest BCUT2D eigenvalue weighted by atomic mass is 16.1. The molecule has 3 atom stereocenters. The lowest BCUT2D eigenvalue weighted by Gasteiger charge is -2.20. The second kappa shape index (κ2) is 5.25. The van der Waals surface area contributed by atoms with Gasteiger partial charge >= 0.3 is 0 Å². The number of hydrogen-bond acceptors (Lipinski definition) is 2. The monoisotopic (exact) mass is 279 g/mol. The van der Waals surface area contributed by atoms with E-state index in [9.17, 15) is 4.79 Å². The molecule has 3 unspecified atom stereocenters. The van der Waals surface area contributed by atoms with Crippen molar-refractivity contribution in [2.24, 2.45) is 17.8 Å². The zero-order chi connectivity index (χ0) is 14.2. The van der Waals surface area contributed by atoms with Gasteiger partial charge in [0, 0.05) is 24.4 Å². The summed E-state index contributed by atoms with van der Waals surface area (Å²) in [7, 11) is 0. The Labute approximate surface area is 125 Å². The fourth-order valence-corrected chi connectivity index (χ4v) is 4.51. The SMILES string of the molecule is O=C(Cc1ccnc2ccccc12)CC1CC2CCC1C2. The molecule has 4 rings (SSSR count). The van der Waals surface area contributed by atoms with Crippen LogP contribution in [0.5, 0.6) is 0 Å². The maximum atomic E-state index is 12.5. The molecule has 2 nitrogen and oxygen atoms in total. The van der Waals surface area contributed by atoms with E-state index >= 15 is 0 Å². The van der Waals surface area contributed by atoms with E-state index in [1.165, 1.54) is 25.7 Å². The maximum absolute atomic E-state index is 12.5. The van der Waals surface area contributed by atoms with Gasteiger partial charge in [0.15, 0.2) is 0 Å². The molecule has 2 saturated carbocycles. The van der Waals surface area contributed by atoms with Gasteiger partial charge in [0.1, 0.15) is 5.78 Å². The van der Waals surface area contributed by atoms with Crippen molar-refractivity contribution in [1.29, 1.82) is 0 Å². The highest BCUT2D eigenvalue weighted by Crippen LogP contribution is 2.49. The molecule has 0 aliphatic heterocycles. The molecule has 2 bridgehead atoms. The van der Waals surface area contributed by atoms with E-state index in [0.717, 1.165) is 34.7 Å². The topological polar surface area (TPSA) is 30.0 Å². The summed E-state index contributed by atoms with van der Waals surface area (Å²) >= 11 is 0. The molecule has 2 aliphatic rings. The molecular formula is C19H21NO. The second-order valence-corrected chi connectivity index (χ2v) is 6.84. The average molecular weight is 279 g/mol. The van der Waals surface area contributed by atoms with Crippen molar-refractivity contribution < 1.29 is 4.79 Å². The number of carbonyl (C=O) groups is 1. The first-order valence-electron chi connectivity index (χ1n) is 8.14. The summed E-state index contributed by atoms with van der Waals surface area (Å²) < 4.78 is 0. The predicted octanol–water partition coefficient (Wildman–Crippen LogP) is 4.17. The third-order valence-electron chi connectivity index (χ3n) is 5.50. The summed E-state index contributed by atoms with van der Waals surface area (Å²) in [6.07, 6.45) is 8.63. The lowest BCUT2D eigenvalue weighted by Crippen LogP contribution is -2.16. The Kier molecular flexibility index (Phi) is 3.25. The Morgan fingerprint density at radius 2 is 2.05 bits per heavy atom. The summed E-state index contributed by atoms with van der Waals surface area (Å²) in [6.45, 7) is 0. The number of pyridine rings is 1. The molecule has 21 heavy (non-hydrogen) atoms. The Morgan fingerprint density at radius 3 is 2.86 bits per heavy atom. The van der Waals surface area contributed by atoms with E-state index in [-0.39, 0.29) is 0 Å². The Balaban J connectivity index is 1.48. The highest BCUT2D eigenvalue weighted by molar-refractivity contribution is 5.89. The maximum Gasteiger partial charge on any atom is 0.137 e. The van der Waals surface area contributed by atoms with Gasteiger partial charge in [0.2, 0.25) is 0 Å². The number of ketones is 1. The third kappa shape index (κ3) is 2.48. The fourth-order valence-electron chi connectivity index (χ4n) is 4.51. The first-order chi connectivity index (χ1) is 10.3. The van der Waals surface area contributed by atoms with Gasteiger partial charge in [-0.2, -0.15) is 0 Å². The molecule has 0 spiro atoms. The van der Waals surface area contributed by atoms with Gasteiger partial charge in [-0.25, -0.2) is 0 Å². The summed E-state index contributed by atoms with van der Waals surface area (Å²) in [5, 5.41) is 1.13. The molecule has 0 N–H and O–H groups in total. The number of hydrogen-bond donors (Lipinski definition) is 0. The first kappa shape index (κ1) is 13.0. The normalized spacial score (nSPS) is 27.3. The van der Waals surface area contributed by atoms with Crippen LogP contribution < -0.4 is 0 Å². The molecule has 1 aromatic heterocycles. The van der Waals surface area contributed by atoms with Crippen LogP contribution in [0.15, 0.2) is 36.5 Å². The van der Waals surface area contributed by atoms with Gasteiger partial charge in [0.25, 0.3) is 0 Å². The molecule has 0 radical (unpaired) electrons. The highest BCUT2D eigenvalue weighted by Gasteiger charge is 2.39. The standard InChI is InChI=1S/C19H21NO/c21-17(12-16-10-13-5-6-14(16)9-13)11-15-7-8-20-19-4-2-1-3-18(15)19/h1-4,7-8,13-14,16H,5-6,9-12H2. The predicted molar refractivity (Wildman–Crippen MR) is 84.0 cm³/mol. The van der Waals surface area contributed by atoms with Crippen LogP contribution in [0.1, 0.15) is 37.7 Å². The number of rotatable bonds is 4. The van der Waals surface area contributed by atoms with Crippen LogP contribution in [0.3, 0.4) is 0 Å². The molecule has 1 heterocycles. The zero-order valence-electron chi connectivity index (χ0n) is 12.3. The van der Waals surface area contributed by atoms with Crippen LogP contribution in [0.4, 0.5) is 0 Å². The van der Waals surface area contributed by atoms with Crippen LogP contribution in [0, 0.1) is 17.8 Å². The van der Waals surface area contributed by atoms with Crippen molar-refractivity contribution in [3.63, 3.8) is 0 Å². The summed E-state index contributed by atoms with van der Waals surface area (Å²) in [5.41, 5.74) is 2.12. The number of Topliss-reactive ketones (excluding diaryl/α,β-unsaturated/α-hetero) is 1. The van der Waals surface area contributed by atoms with Gasteiger partial charge in [-0.15, -0.1) is 0 Å². The van der Waals surface area contributed by atoms with Gasteiger partial charge in [0.05, 0.1) is 5.52 Å². The number of carbonyl (C=O) groups excluding carboxylic acids is 1. The van der Waals surface area contributed by atoms with Crippen molar-refractivity contribution >= 4 is 16.7 Å². The lowest BCUT2D eigenvalue weighted by molar-refractivity contribution is -0.119. The van der Waals surface area contributed by atoms with Crippen LogP contribution >= 0.6 is 0 Å². The first-order valence-corrected chi connectivity index (χ1v) is 8.14. The largest absolute Gasteiger partial charge is 0.299 e. The fraction of sp³-hybridized carbons (Fsp3) is 0.474. The van der Waals surface area contributed by atoms with E-state index in [4.69, 9.17) is 0 Å². The van der Waals surface area contributed by atoms with Crippen molar-refractivity contribution in [2.45, 2.75) is 38.5 Å². The minimum absolute atomic E-state index is 0.406. The van der Waals surface area contributed by atoms with Crippen molar-refractivity contribution in [3.8, 4) is 0 Å². The quantitative estimate of drug-likeness (QED) is 0.840. The van der Waals surface area contributed by atoms with Crippen LogP contribution in [0.2, 0.25) is 0 Å². The van der Waals surface area contributed by atoms with Gasteiger partial charge in [-0.1, -0.05) is 24.6 Å². The number of para-hydroxylation sites is 1. The van der Waals surface area contributed by atoms with Gasteiger partial charge in [-0.3, -0.25) is 9.78 Å². The molecule has 2 aliphatic carbocycles. The number of nitrogens with zero attached hydrogens (tertiary/aromatic N) is 1. The molecule has 1 aromatic carbocycles. The van der Waals surface area contributed by atoms with E-state index < -0.39 is 0 Å². The molecule has 2 fully saturated rings. The van der Waals surface area contributed by atoms with Crippen molar-refractivity contribution in [3.05, 3.63) is 42.1 Å². The summed E-state index contributed by atoms with van der Waals surface area (Å²) in [4.78, 5) is 16.8. The van der Waals surface area contributed by atoms with E-state index in [2.05, 4.69) is 11.1 Å². The summed E-state index contributed by atoms with van der Waals surface area (Å²) in [6, 6.07) is 10.1. The Bertz CT molecular complexity index is 673. The van der Waals surface area contributed by atoms with Crippen LogP contribution in [-0.4, -0.2) is 10.8 Å². The molecule has 2 aromatic rings. The van der Waals surface area contributed by atoms with Crippen LogP contribution in [-0.2, 0) is 11.2 Å². The third-order valence-corrected chi connectivity index (χ3v) is 5.50. The average Bonchev–Trinajstić information content (AvgIpc) is 3.10. The Hall–Kier alpha value is -1.70. The van der Waals surface area contributed by atoms with Gasteiger partial charge < -0.3 is 0 Å². The van der Waals surface area contributed by atoms with E-state index in [1.54, 1.807) is 0 Å². The molecular weight excluding hydrogens is 258 g/mol. The molecule has 0 saturated heterocycles. The molecule has 2 heteroatoms. The van der Waals surface area contributed by atoms with Crippen molar-refractivity contribution in [2.75, 3.05) is 0 Å². The number of benzene rings is 1. The lowest BCUT2D eigenvalue weighted by atomic mass is 9.84. The Morgan fingerprint density at radius 1 is 1.14 bits per heavy atom. The number of fused-ring (bicyclic) bond motifs is 3. The summed E-state index contributed by atoms with van der Waals surface area (Å²) in [5.74, 6) is 2.84. The smallest absolute Gasteiger partial charge is 0.137 e. The van der Waals surface area contributed by atoms with Crippen LogP contribution in [0.25, 0.3) is 10.9 Å². The molecule has 108 valence electrons. The van der Waals surface area contributed by atoms with Crippen molar-refractivity contribution in [1.82, 2.24) is 4.98 Å². The minimum Gasteiger partial charge on any atom is -0.299 e. The second-order valence-electron chi connectivity index (χ2n) is 6.84. The molecule has 0 amide bonds. The van der Waals surface area contributed by atoms with Gasteiger partial charge in [-0.05, 0) is 54.7 Å². The zero-order valence-corrected chi connectivity index (χ0v) is 12.3. The minimum atomic E-state index is 0.406. The van der Waals surface area contributed by atoms with E-state index in [0.29, 0.717) is 18.1 Å². The van der Waals surface area contributed by atoms with E-state index in [1.807, 2.05) is 30.5 Å². The number of aromatic nitrogens is 1.